The molecule has 0 saturated carbocycles. The molecule has 0 aliphatic rings. The third-order valence-electron chi connectivity index (χ3n) is 3.13. The van der Waals surface area contributed by atoms with Crippen molar-refractivity contribution < 1.29 is 4.39 Å². The van der Waals surface area contributed by atoms with Crippen LogP contribution < -0.4 is 11.3 Å². The largest absolute Gasteiger partial charge is 0.271 e. The molecule has 0 fully saturated rings. The van der Waals surface area contributed by atoms with Gasteiger partial charge in [0.15, 0.2) is 0 Å². The molecule has 1 aromatic heterocycles. The number of halogens is 2. The summed E-state index contributed by atoms with van der Waals surface area (Å²) in [6.07, 6.45) is 0.554. The normalized spacial score (nSPS) is 12.7. The van der Waals surface area contributed by atoms with Crippen molar-refractivity contribution in [1.29, 1.82) is 0 Å². The summed E-state index contributed by atoms with van der Waals surface area (Å²) < 4.78 is 14.9. The van der Waals surface area contributed by atoms with E-state index in [0.29, 0.717) is 11.6 Å². The molecule has 1 heterocycles. The smallest absolute Gasteiger partial charge is 0.130 e. The Hall–Kier alpha value is -1.43. The van der Waals surface area contributed by atoms with Crippen LogP contribution >= 0.6 is 11.6 Å². The van der Waals surface area contributed by atoms with E-state index >= 15 is 0 Å². The molecule has 0 radical (unpaired) electrons. The van der Waals surface area contributed by atoms with Crippen LogP contribution in [0.4, 0.5) is 4.39 Å². The average molecular weight is 283 g/mol. The second kappa shape index (κ2) is 5.69. The van der Waals surface area contributed by atoms with Gasteiger partial charge in [0.25, 0.3) is 0 Å². The number of hydrogen-bond donors (Lipinski definition) is 2. The maximum atomic E-state index is 13.3. The van der Waals surface area contributed by atoms with E-state index in [4.69, 9.17) is 17.4 Å². The Bertz CT molecular complexity index is 582. The zero-order valence-corrected chi connectivity index (χ0v) is 11.6. The van der Waals surface area contributed by atoms with Crippen LogP contribution in [0, 0.1) is 12.7 Å². The highest BCUT2D eigenvalue weighted by atomic mass is 35.5. The van der Waals surface area contributed by atoms with Crippen molar-refractivity contribution in [3.05, 3.63) is 52.1 Å². The van der Waals surface area contributed by atoms with Crippen LogP contribution in [0.15, 0.2) is 24.3 Å². The van der Waals surface area contributed by atoms with Crippen LogP contribution in [0.25, 0.3) is 0 Å². The molecule has 0 aliphatic heterocycles. The van der Waals surface area contributed by atoms with Crippen molar-refractivity contribution in [2.24, 2.45) is 12.9 Å². The highest BCUT2D eigenvalue weighted by Gasteiger charge is 2.18. The Labute approximate surface area is 116 Å². The minimum Gasteiger partial charge on any atom is -0.271 e. The second-order valence-corrected chi connectivity index (χ2v) is 4.81. The highest BCUT2D eigenvalue weighted by Crippen LogP contribution is 2.25. The molecule has 19 heavy (non-hydrogen) atoms. The fourth-order valence-corrected chi connectivity index (χ4v) is 2.36. The van der Waals surface area contributed by atoms with Gasteiger partial charge in [-0.1, -0.05) is 23.7 Å². The summed E-state index contributed by atoms with van der Waals surface area (Å²) in [6, 6.07) is 6.14. The third-order valence-corrected chi connectivity index (χ3v) is 3.60. The van der Waals surface area contributed by atoms with E-state index in [-0.39, 0.29) is 11.9 Å². The summed E-state index contributed by atoms with van der Waals surface area (Å²) >= 11 is 6.19. The van der Waals surface area contributed by atoms with Gasteiger partial charge in [0, 0.05) is 12.6 Å². The average Bonchev–Trinajstić information content (AvgIpc) is 2.61. The van der Waals surface area contributed by atoms with Gasteiger partial charge in [0.05, 0.1) is 11.7 Å². The standard InChI is InChI=1S/C13H16ClFN4/c1-8-11(13(14)19(2)18-8)7-12(17-16)9-4-3-5-10(15)6-9/h3-6,12,17H,7,16H2,1-2H3. The summed E-state index contributed by atoms with van der Waals surface area (Å²) in [4.78, 5) is 0. The number of hydrogen-bond acceptors (Lipinski definition) is 3. The van der Waals surface area contributed by atoms with Gasteiger partial charge in [0.1, 0.15) is 11.0 Å². The first-order valence-electron chi connectivity index (χ1n) is 5.92. The maximum absolute atomic E-state index is 13.3. The maximum Gasteiger partial charge on any atom is 0.130 e. The highest BCUT2D eigenvalue weighted by molar-refractivity contribution is 6.30. The fraction of sp³-hybridized carbons (Fsp3) is 0.308. The van der Waals surface area contributed by atoms with Gasteiger partial charge in [-0.25, -0.2) is 4.39 Å². The molecular formula is C13H16ClFN4. The molecule has 4 nitrogen and oxygen atoms in total. The van der Waals surface area contributed by atoms with Crippen molar-refractivity contribution in [1.82, 2.24) is 15.2 Å². The Morgan fingerprint density at radius 3 is 2.79 bits per heavy atom. The van der Waals surface area contributed by atoms with E-state index in [1.165, 1.54) is 12.1 Å². The lowest BCUT2D eigenvalue weighted by Crippen LogP contribution is -2.29. The summed E-state index contributed by atoms with van der Waals surface area (Å²) in [5.74, 6) is 5.28. The number of nitrogens with one attached hydrogen (secondary N) is 1. The Balaban J connectivity index is 2.29. The fourth-order valence-electron chi connectivity index (χ4n) is 2.11. The molecule has 1 aromatic carbocycles. The van der Waals surface area contributed by atoms with Crippen LogP contribution in [-0.4, -0.2) is 9.78 Å². The molecule has 6 heteroatoms. The first kappa shape index (κ1) is 14.0. The van der Waals surface area contributed by atoms with Crippen LogP contribution in [0.5, 0.6) is 0 Å². The minimum atomic E-state index is -0.285. The van der Waals surface area contributed by atoms with Crippen molar-refractivity contribution in [2.75, 3.05) is 0 Å². The minimum absolute atomic E-state index is 0.212. The van der Waals surface area contributed by atoms with Crippen LogP contribution in [0.1, 0.15) is 22.9 Å². The number of aromatic nitrogens is 2. The van der Waals surface area contributed by atoms with E-state index in [0.717, 1.165) is 16.8 Å². The number of hydrazine groups is 1. The van der Waals surface area contributed by atoms with Crippen LogP contribution in [0.3, 0.4) is 0 Å². The molecule has 0 saturated heterocycles. The van der Waals surface area contributed by atoms with Gasteiger partial charge >= 0.3 is 0 Å². The van der Waals surface area contributed by atoms with Crippen molar-refractivity contribution >= 4 is 11.6 Å². The van der Waals surface area contributed by atoms with E-state index in [2.05, 4.69) is 10.5 Å². The van der Waals surface area contributed by atoms with Crippen molar-refractivity contribution in [3.8, 4) is 0 Å². The van der Waals surface area contributed by atoms with E-state index in [1.807, 2.05) is 13.0 Å². The molecule has 2 aromatic rings. The van der Waals surface area contributed by atoms with Gasteiger partial charge < -0.3 is 0 Å². The summed E-state index contributed by atoms with van der Waals surface area (Å²) in [5.41, 5.74) is 5.24. The molecular weight excluding hydrogens is 267 g/mol. The molecule has 2 rings (SSSR count). The quantitative estimate of drug-likeness (QED) is 0.668. The molecule has 0 spiro atoms. The summed E-state index contributed by atoms with van der Waals surface area (Å²) in [6.45, 7) is 1.89. The second-order valence-electron chi connectivity index (χ2n) is 4.46. The predicted octanol–water partition coefficient (Wildman–Crippen LogP) is 2.27. The molecule has 1 unspecified atom stereocenters. The molecule has 1 atom stereocenters. The monoisotopic (exact) mass is 282 g/mol. The number of benzene rings is 1. The zero-order valence-electron chi connectivity index (χ0n) is 10.8. The van der Waals surface area contributed by atoms with E-state index < -0.39 is 0 Å². The number of nitrogens with zero attached hydrogens (tertiary/aromatic N) is 2. The SMILES string of the molecule is Cc1nn(C)c(Cl)c1CC(NN)c1cccc(F)c1. The van der Waals surface area contributed by atoms with Gasteiger partial charge in [0.2, 0.25) is 0 Å². The molecule has 0 amide bonds. The Kier molecular flexibility index (Phi) is 4.19. The van der Waals surface area contributed by atoms with Gasteiger partial charge in [-0.2, -0.15) is 5.10 Å². The van der Waals surface area contributed by atoms with E-state index in [9.17, 15) is 4.39 Å². The van der Waals surface area contributed by atoms with Crippen molar-refractivity contribution in [3.63, 3.8) is 0 Å². The number of aryl methyl sites for hydroxylation is 2. The van der Waals surface area contributed by atoms with Crippen LogP contribution in [0.2, 0.25) is 5.15 Å². The van der Waals surface area contributed by atoms with E-state index in [1.54, 1.807) is 17.8 Å². The van der Waals surface area contributed by atoms with Gasteiger partial charge in [-0.15, -0.1) is 0 Å². The molecule has 3 N–H and O–H groups in total. The predicted molar refractivity (Wildman–Crippen MR) is 73.1 cm³/mol. The third kappa shape index (κ3) is 2.94. The topological polar surface area (TPSA) is 55.9 Å². The lowest BCUT2D eigenvalue weighted by Gasteiger charge is -2.16. The Morgan fingerprint density at radius 1 is 1.53 bits per heavy atom. The summed E-state index contributed by atoms with van der Waals surface area (Å²) in [7, 11) is 1.78. The zero-order chi connectivity index (χ0) is 14.0. The lowest BCUT2D eigenvalue weighted by molar-refractivity contribution is 0.543. The van der Waals surface area contributed by atoms with Gasteiger partial charge in [-0.05, 0) is 31.0 Å². The lowest BCUT2D eigenvalue weighted by atomic mass is 10.00. The molecule has 102 valence electrons. The van der Waals surface area contributed by atoms with Crippen LogP contribution in [-0.2, 0) is 13.5 Å². The first-order valence-corrected chi connectivity index (χ1v) is 6.30. The van der Waals surface area contributed by atoms with Crippen molar-refractivity contribution in [2.45, 2.75) is 19.4 Å². The first-order chi connectivity index (χ1) is 9.02. The number of rotatable bonds is 4. The summed E-state index contributed by atoms with van der Waals surface area (Å²) in [5, 5.41) is 4.83. The Morgan fingerprint density at radius 2 is 2.26 bits per heavy atom. The molecule has 0 aliphatic carbocycles. The van der Waals surface area contributed by atoms with Gasteiger partial charge in [-0.3, -0.25) is 16.0 Å². The molecule has 0 bridgehead atoms. The number of nitrogens with two attached hydrogens (primary N) is 1.